The summed E-state index contributed by atoms with van der Waals surface area (Å²) in [6.45, 7) is 7.97. The average Bonchev–Trinajstić information content (AvgIpc) is 3.85. The number of rotatable bonds is 3. The van der Waals surface area contributed by atoms with Crippen LogP contribution < -0.4 is 26.2 Å². The highest BCUT2D eigenvalue weighted by Crippen LogP contribution is 2.66. The summed E-state index contributed by atoms with van der Waals surface area (Å²) in [5.74, 6) is 0. The van der Waals surface area contributed by atoms with Gasteiger partial charge in [0.1, 0.15) is 0 Å². The van der Waals surface area contributed by atoms with Crippen molar-refractivity contribution in [3.8, 4) is 16.8 Å². The molecule has 4 unspecified atom stereocenters. The zero-order valence-corrected chi connectivity index (χ0v) is 35.5. The molecule has 2 fully saturated rings. The molecule has 14 rings (SSSR count). The molecule has 6 aliphatic rings. The minimum absolute atomic E-state index is 0.00623. The van der Waals surface area contributed by atoms with Crippen molar-refractivity contribution in [1.82, 2.24) is 4.57 Å². The van der Waals surface area contributed by atoms with E-state index in [4.69, 9.17) is 0 Å². The maximum atomic E-state index is 2.93. The lowest BCUT2D eigenvalue weighted by atomic mass is 9.33. The first-order chi connectivity index (χ1) is 29.9. The molecule has 2 aliphatic carbocycles. The summed E-state index contributed by atoms with van der Waals surface area (Å²) in [7, 11) is 0. The minimum Gasteiger partial charge on any atom is -0.335 e. The number of hydrogen-bond donors (Lipinski definition) is 0. The van der Waals surface area contributed by atoms with Gasteiger partial charge in [-0.25, -0.2) is 0 Å². The van der Waals surface area contributed by atoms with Crippen LogP contribution in [0.25, 0.3) is 38.6 Å². The molecular weight excluding hydrogens is 737 g/mol. The van der Waals surface area contributed by atoms with Crippen molar-refractivity contribution in [3.05, 3.63) is 168 Å². The van der Waals surface area contributed by atoms with Crippen LogP contribution in [0.2, 0.25) is 0 Å². The van der Waals surface area contributed by atoms with E-state index >= 15 is 0 Å². The third-order valence-electron chi connectivity index (χ3n) is 17.6. The molecule has 0 spiro atoms. The van der Waals surface area contributed by atoms with Gasteiger partial charge in [0.25, 0.3) is 6.71 Å². The van der Waals surface area contributed by atoms with Crippen molar-refractivity contribution in [2.45, 2.75) is 94.0 Å². The molecule has 0 N–H and O–H groups in total. The van der Waals surface area contributed by atoms with E-state index < -0.39 is 0 Å². The summed E-state index contributed by atoms with van der Waals surface area (Å²) in [6.07, 6.45) is 9.67. The average molecular weight is 788 g/mol. The largest absolute Gasteiger partial charge is 0.335 e. The number of para-hydroxylation sites is 3. The number of nitrogens with zero attached hydrogens (tertiary/aromatic N) is 3. The van der Waals surface area contributed by atoms with Gasteiger partial charge in [0.15, 0.2) is 0 Å². The first-order valence-electron chi connectivity index (χ1n) is 23.1. The normalized spacial score (nSPS) is 26.2. The maximum absolute atomic E-state index is 2.93. The fourth-order valence-corrected chi connectivity index (χ4v) is 14.8. The van der Waals surface area contributed by atoms with Gasteiger partial charge in [0.2, 0.25) is 0 Å². The molecule has 5 heterocycles. The van der Waals surface area contributed by atoms with E-state index in [1.165, 1.54) is 133 Å². The molecule has 61 heavy (non-hydrogen) atoms. The predicted octanol–water partition coefficient (Wildman–Crippen LogP) is 12.1. The fraction of sp³-hybridized carbons (Fsp3) is 0.263. The van der Waals surface area contributed by atoms with Gasteiger partial charge < -0.3 is 14.4 Å². The predicted molar refractivity (Wildman–Crippen MR) is 256 cm³/mol. The Morgan fingerprint density at radius 1 is 0.492 bits per heavy atom. The van der Waals surface area contributed by atoms with Crippen LogP contribution in [0.4, 0.5) is 22.7 Å². The standard InChI is InChI=1S/C57H50BN3/c1-54-30-12-13-31-55(54,2)60(48-29-28-38(34-44(48)54)37-18-6-4-7-19-37)40-35-49-51-50(36-40)61-53-43(57(39-20-8-5-9-21-39)33-15-14-32-56(57,61)3)24-17-26-46(53)58(51)45-25-16-23-42-41-22-10-11-27-47(41)59(49)52(42)45/h4-11,16-29,34-36H,12-15,30-33H2,1-3H3. The fourth-order valence-electron chi connectivity index (χ4n) is 14.8. The molecular formula is C57H50BN3. The summed E-state index contributed by atoms with van der Waals surface area (Å²) in [5.41, 5.74) is 20.8. The van der Waals surface area contributed by atoms with Crippen molar-refractivity contribution in [1.29, 1.82) is 0 Å². The molecule has 8 aromatic rings. The van der Waals surface area contributed by atoms with E-state index in [-0.39, 0.29) is 28.6 Å². The van der Waals surface area contributed by atoms with Gasteiger partial charge >= 0.3 is 0 Å². The van der Waals surface area contributed by atoms with Crippen LogP contribution in [0.1, 0.15) is 88.8 Å². The highest BCUT2D eigenvalue weighted by Gasteiger charge is 2.64. The smallest absolute Gasteiger partial charge is 0.252 e. The molecule has 0 amide bonds. The van der Waals surface area contributed by atoms with Gasteiger partial charge in [-0.1, -0.05) is 154 Å². The number of aromatic nitrogens is 1. The summed E-state index contributed by atoms with van der Waals surface area (Å²) in [6, 6.07) is 59.1. The van der Waals surface area contributed by atoms with Gasteiger partial charge in [0.05, 0.1) is 16.6 Å². The second-order valence-electron chi connectivity index (χ2n) is 20.0. The van der Waals surface area contributed by atoms with E-state index in [2.05, 4.69) is 187 Å². The summed E-state index contributed by atoms with van der Waals surface area (Å²) in [5, 5.41) is 2.69. The topological polar surface area (TPSA) is 11.4 Å². The molecule has 0 bridgehead atoms. The van der Waals surface area contributed by atoms with Crippen LogP contribution in [-0.4, -0.2) is 22.4 Å². The molecule has 2 saturated carbocycles. The Bertz CT molecular complexity index is 3190. The van der Waals surface area contributed by atoms with Crippen molar-refractivity contribution in [3.63, 3.8) is 0 Å². The van der Waals surface area contributed by atoms with E-state index in [0.717, 1.165) is 12.8 Å². The Hall–Kier alpha value is -6.00. The van der Waals surface area contributed by atoms with Crippen molar-refractivity contribution in [2.75, 3.05) is 9.80 Å². The zero-order valence-electron chi connectivity index (χ0n) is 35.5. The third-order valence-corrected chi connectivity index (χ3v) is 17.6. The molecule has 7 aromatic carbocycles. The van der Waals surface area contributed by atoms with Crippen LogP contribution in [-0.2, 0) is 10.8 Å². The van der Waals surface area contributed by atoms with Crippen LogP contribution in [0.15, 0.2) is 152 Å². The third kappa shape index (κ3) is 3.96. The molecule has 0 saturated heterocycles. The summed E-state index contributed by atoms with van der Waals surface area (Å²) >= 11 is 0. The Kier molecular flexibility index (Phi) is 6.64. The molecule has 1 aromatic heterocycles. The van der Waals surface area contributed by atoms with Crippen LogP contribution in [0, 0.1) is 0 Å². The molecule has 0 radical (unpaired) electrons. The van der Waals surface area contributed by atoms with E-state index in [1.807, 2.05) is 0 Å². The summed E-state index contributed by atoms with van der Waals surface area (Å²) in [4.78, 5) is 5.77. The number of benzene rings is 7. The van der Waals surface area contributed by atoms with E-state index in [0.29, 0.717) is 0 Å². The Morgan fingerprint density at radius 3 is 2.03 bits per heavy atom. The number of anilines is 4. The second-order valence-corrected chi connectivity index (χ2v) is 20.0. The summed E-state index contributed by atoms with van der Waals surface area (Å²) < 4.78 is 2.68. The van der Waals surface area contributed by atoms with Crippen molar-refractivity contribution >= 4 is 67.7 Å². The van der Waals surface area contributed by atoms with Gasteiger partial charge in [0, 0.05) is 55.6 Å². The van der Waals surface area contributed by atoms with Gasteiger partial charge in [-0.3, -0.25) is 0 Å². The first kappa shape index (κ1) is 34.7. The maximum Gasteiger partial charge on any atom is 0.252 e. The van der Waals surface area contributed by atoms with Gasteiger partial charge in [-0.15, -0.1) is 0 Å². The Labute approximate surface area is 359 Å². The lowest BCUT2D eigenvalue weighted by Crippen LogP contribution is -2.64. The quantitative estimate of drug-likeness (QED) is 0.165. The van der Waals surface area contributed by atoms with Crippen LogP contribution in [0.3, 0.4) is 0 Å². The monoisotopic (exact) mass is 787 g/mol. The zero-order chi connectivity index (χ0) is 40.5. The van der Waals surface area contributed by atoms with Crippen LogP contribution >= 0.6 is 0 Å². The SMILES string of the molecule is CC12CCCCC1(C)N(c1cc3c4c(c1)-n1c5ccccc5c5cccc(c51)B4c1cccc4c1N3C1(C)CCCCC41c1ccccc1)c1ccc(-c3ccccc3)cc12. The second kappa shape index (κ2) is 11.7. The van der Waals surface area contributed by atoms with Crippen molar-refractivity contribution < 1.29 is 0 Å². The van der Waals surface area contributed by atoms with Crippen LogP contribution in [0.5, 0.6) is 0 Å². The first-order valence-corrected chi connectivity index (χ1v) is 23.1. The van der Waals surface area contributed by atoms with Gasteiger partial charge in [-0.2, -0.15) is 0 Å². The molecule has 296 valence electrons. The highest BCUT2D eigenvalue weighted by atomic mass is 15.3. The molecule has 4 heteroatoms. The van der Waals surface area contributed by atoms with Crippen molar-refractivity contribution in [2.24, 2.45) is 0 Å². The molecule has 4 atom stereocenters. The molecule has 3 nitrogen and oxygen atoms in total. The molecule has 4 aliphatic heterocycles. The minimum atomic E-state index is -0.149. The Morgan fingerprint density at radius 2 is 1.18 bits per heavy atom. The van der Waals surface area contributed by atoms with E-state index in [1.54, 1.807) is 0 Å². The van der Waals surface area contributed by atoms with E-state index in [9.17, 15) is 0 Å². The Balaban J connectivity index is 1.11. The highest BCUT2D eigenvalue weighted by molar-refractivity contribution is 7.00. The van der Waals surface area contributed by atoms with Gasteiger partial charge in [-0.05, 0) is 114 Å². The lowest BCUT2D eigenvalue weighted by Gasteiger charge is -2.54. The number of fused-ring (bicyclic) bond motifs is 13. The number of hydrogen-bond acceptors (Lipinski definition) is 2. The lowest BCUT2D eigenvalue weighted by molar-refractivity contribution is 0.195.